The lowest BCUT2D eigenvalue weighted by Gasteiger charge is -2.35. The summed E-state index contributed by atoms with van der Waals surface area (Å²) >= 11 is 0. The largest absolute Gasteiger partial charge is 0.472 e. The quantitative estimate of drug-likeness (QED) is 0.855. The molecule has 5 nitrogen and oxygen atoms in total. The molecule has 1 saturated carbocycles. The first-order valence-corrected chi connectivity index (χ1v) is 8.36. The van der Waals surface area contributed by atoms with Crippen molar-refractivity contribution < 1.29 is 9.21 Å². The molecule has 4 rings (SSSR count). The molecule has 0 N–H and O–H groups in total. The van der Waals surface area contributed by atoms with E-state index >= 15 is 0 Å². The average Bonchev–Trinajstić information content (AvgIpc) is 2.97. The zero-order chi connectivity index (χ0) is 15.8. The van der Waals surface area contributed by atoms with Crippen molar-refractivity contribution in [2.75, 3.05) is 13.1 Å². The third-order valence-electron chi connectivity index (χ3n) is 5.11. The maximum atomic E-state index is 12.6. The van der Waals surface area contributed by atoms with Crippen molar-refractivity contribution in [3.63, 3.8) is 0 Å². The Morgan fingerprint density at radius 1 is 1.26 bits per heavy atom. The van der Waals surface area contributed by atoms with Crippen LogP contribution in [0, 0.1) is 11.8 Å². The van der Waals surface area contributed by atoms with Crippen molar-refractivity contribution in [1.29, 1.82) is 0 Å². The molecule has 0 atom stereocenters. The van der Waals surface area contributed by atoms with Gasteiger partial charge in [0, 0.05) is 42.2 Å². The number of furan rings is 1. The fourth-order valence-electron chi connectivity index (χ4n) is 3.76. The molecule has 3 heterocycles. The zero-order valence-corrected chi connectivity index (χ0v) is 13.4. The first kappa shape index (κ1) is 14.4. The van der Waals surface area contributed by atoms with Gasteiger partial charge in [-0.15, -0.1) is 0 Å². The maximum Gasteiger partial charge on any atom is 0.225 e. The van der Waals surface area contributed by atoms with Gasteiger partial charge in [0.15, 0.2) is 0 Å². The second kappa shape index (κ2) is 5.80. The Balaban J connectivity index is 1.55. The molecule has 1 aliphatic heterocycles. The summed E-state index contributed by atoms with van der Waals surface area (Å²) in [4.78, 5) is 23.5. The predicted octanol–water partition coefficient (Wildman–Crippen LogP) is 2.71. The van der Waals surface area contributed by atoms with Crippen molar-refractivity contribution in [2.24, 2.45) is 11.8 Å². The Labute approximate surface area is 135 Å². The Morgan fingerprint density at radius 2 is 2.09 bits per heavy atom. The summed E-state index contributed by atoms with van der Waals surface area (Å²) in [6.45, 7) is 3.74. The number of carbonyl (C=O) groups is 1. The minimum absolute atomic E-state index is 0.241. The molecule has 0 unspecified atom stereocenters. The van der Waals surface area contributed by atoms with E-state index in [0.29, 0.717) is 11.8 Å². The highest BCUT2D eigenvalue weighted by molar-refractivity contribution is 5.80. The van der Waals surface area contributed by atoms with Crippen LogP contribution in [0.25, 0.3) is 11.3 Å². The molecule has 0 spiro atoms. The third-order valence-corrected chi connectivity index (χ3v) is 5.11. The molecule has 2 aliphatic rings. The fourth-order valence-corrected chi connectivity index (χ4v) is 3.76. The van der Waals surface area contributed by atoms with E-state index in [9.17, 15) is 4.79 Å². The summed E-state index contributed by atoms with van der Waals surface area (Å²) in [5, 5.41) is 0. The van der Waals surface area contributed by atoms with Crippen LogP contribution in [0.1, 0.15) is 31.0 Å². The highest BCUT2D eigenvalue weighted by Gasteiger charge is 2.35. The van der Waals surface area contributed by atoms with Crippen LogP contribution >= 0.6 is 0 Å². The summed E-state index contributed by atoms with van der Waals surface area (Å²) in [6.07, 6.45) is 8.69. The normalized spacial score (nSPS) is 23.8. The molecule has 23 heavy (non-hydrogen) atoms. The van der Waals surface area contributed by atoms with Gasteiger partial charge >= 0.3 is 0 Å². The average molecular weight is 311 g/mol. The van der Waals surface area contributed by atoms with E-state index in [1.165, 1.54) is 0 Å². The van der Waals surface area contributed by atoms with E-state index in [1.807, 2.05) is 11.0 Å². The van der Waals surface area contributed by atoms with E-state index in [-0.39, 0.29) is 5.92 Å². The lowest BCUT2D eigenvalue weighted by molar-refractivity contribution is -0.139. The predicted molar refractivity (Wildman–Crippen MR) is 85.6 cm³/mol. The van der Waals surface area contributed by atoms with E-state index in [2.05, 4.69) is 16.9 Å². The summed E-state index contributed by atoms with van der Waals surface area (Å²) in [5.74, 6) is 1.27. The molecule has 2 aromatic rings. The van der Waals surface area contributed by atoms with Crippen LogP contribution in [0.15, 0.2) is 29.3 Å². The van der Waals surface area contributed by atoms with Crippen LogP contribution in [0.5, 0.6) is 0 Å². The molecule has 0 saturated heterocycles. The van der Waals surface area contributed by atoms with Gasteiger partial charge in [0.1, 0.15) is 6.33 Å². The summed E-state index contributed by atoms with van der Waals surface area (Å²) in [7, 11) is 0. The second-order valence-electron chi connectivity index (χ2n) is 6.76. The van der Waals surface area contributed by atoms with Crippen molar-refractivity contribution in [3.05, 3.63) is 36.2 Å². The van der Waals surface area contributed by atoms with E-state index in [1.54, 1.807) is 18.9 Å². The number of carbonyl (C=O) groups excluding carboxylic acids is 1. The second-order valence-corrected chi connectivity index (χ2v) is 6.76. The lowest BCUT2D eigenvalue weighted by Crippen LogP contribution is -2.42. The molecular weight excluding hydrogens is 290 g/mol. The molecule has 2 aromatic heterocycles. The highest BCUT2D eigenvalue weighted by atomic mass is 16.3. The highest BCUT2D eigenvalue weighted by Crippen LogP contribution is 2.35. The van der Waals surface area contributed by atoms with Crippen molar-refractivity contribution in [3.8, 4) is 11.3 Å². The number of aromatic nitrogens is 2. The van der Waals surface area contributed by atoms with Crippen LogP contribution in [-0.2, 0) is 17.6 Å². The van der Waals surface area contributed by atoms with Crippen molar-refractivity contribution >= 4 is 5.91 Å². The Hall–Kier alpha value is -2.17. The van der Waals surface area contributed by atoms with Gasteiger partial charge in [0.2, 0.25) is 5.91 Å². The molecule has 0 aromatic carbocycles. The standard InChI is InChI=1S/C18H21N3O2/c1-12-8-14(9-12)18(22)21-5-2-15-16(3-6-21)19-11-20-17(15)13-4-7-23-10-13/h4,7,10-12,14H,2-3,5-6,8-9H2,1H3. The van der Waals surface area contributed by atoms with Crippen LogP contribution in [0.2, 0.25) is 0 Å². The van der Waals surface area contributed by atoms with Crippen molar-refractivity contribution in [2.45, 2.75) is 32.6 Å². The Kier molecular flexibility index (Phi) is 3.63. The third kappa shape index (κ3) is 2.64. The monoisotopic (exact) mass is 311 g/mol. The van der Waals surface area contributed by atoms with E-state index in [4.69, 9.17) is 4.42 Å². The Morgan fingerprint density at radius 3 is 2.83 bits per heavy atom. The van der Waals surface area contributed by atoms with Crippen LogP contribution < -0.4 is 0 Å². The molecule has 120 valence electrons. The first-order valence-electron chi connectivity index (χ1n) is 8.36. The maximum absolute atomic E-state index is 12.6. The number of fused-ring (bicyclic) bond motifs is 1. The molecule has 1 fully saturated rings. The van der Waals surface area contributed by atoms with Crippen LogP contribution in [-0.4, -0.2) is 33.9 Å². The van der Waals surface area contributed by atoms with Gasteiger partial charge in [-0.3, -0.25) is 4.79 Å². The van der Waals surface area contributed by atoms with Gasteiger partial charge in [-0.2, -0.15) is 0 Å². The number of amides is 1. The lowest BCUT2D eigenvalue weighted by atomic mass is 9.75. The van der Waals surface area contributed by atoms with Gasteiger partial charge in [0.25, 0.3) is 0 Å². The Bertz CT molecular complexity index is 705. The van der Waals surface area contributed by atoms with Crippen molar-refractivity contribution in [1.82, 2.24) is 14.9 Å². The molecular formula is C18H21N3O2. The van der Waals surface area contributed by atoms with Gasteiger partial charge in [-0.25, -0.2) is 9.97 Å². The van der Waals surface area contributed by atoms with Gasteiger partial charge in [0.05, 0.1) is 18.2 Å². The van der Waals surface area contributed by atoms with Gasteiger partial charge in [-0.05, 0) is 31.2 Å². The fraction of sp³-hybridized carbons (Fsp3) is 0.500. The molecule has 5 heteroatoms. The van der Waals surface area contributed by atoms with Crippen LogP contribution in [0.4, 0.5) is 0 Å². The van der Waals surface area contributed by atoms with E-state index in [0.717, 1.165) is 61.3 Å². The number of rotatable bonds is 2. The molecule has 1 aliphatic carbocycles. The summed E-state index contributed by atoms with van der Waals surface area (Å²) in [6, 6.07) is 1.92. The smallest absolute Gasteiger partial charge is 0.225 e. The van der Waals surface area contributed by atoms with Crippen LogP contribution in [0.3, 0.4) is 0 Å². The topological polar surface area (TPSA) is 59.2 Å². The SMILES string of the molecule is CC1CC(C(=O)N2CCc3ncnc(-c4ccoc4)c3CC2)C1. The number of hydrogen-bond donors (Lipinski definition) is 0. The first-order chi connectivity index (χ1) is 11.2. The van der Waals surface area contributed by atoms with E-state index < -0.39 is 0 Å². The number of hydrogen-bond acceptors (Lipinski definition) is 4. The number of nitrogens with zero attached hydrogens (tertiary/aromatic N) is 3. The summed E-state index contributed by atoms with van der Waals surface area (Å²) < 4.78 is 5.19. The van der Waals surface area contributed by atoms with Gasteiger partial charge in [-0.1, -0.05) is 6.92 Å². The van der Waals surface area contributed by atoms with Gasteiger partial charge < -0.3 is 9.32 Å². The minimum atomic E-state index is 0.241. The molecule has 0 radical (unpaired) electrons. The molecule has 0 bridgehead atoms. The zero-order valence-electron chi connectivity index (χ0n) is 13.4. The minimum Gasteiger partial charge on any atom is -0.472 e. The molecule has 1 amide bonds. The summed E-state index contributed by atoms with van der Waals surface area (Å²) in [5.41, 5.74) is 4.14.